The van der Waals surface area contributed by atoms with Crippen LogP contribution in [0, 0.1) is 29.2 Å². The maximum atomic E-state index is 13.4. The third kappa shape index (κ3) is 4.88. The van der Waals surface area contributed by atoms with Crippen LogP contribution in [0.2, 0.25) is 0 Å². The third-order valence-corrected chi connectivity index (χ3v) is 4.29. The van der Waals surface area contributed by atoms with Gasteiger partial charge in [-0.05, 0) is 42.3 Å². The molecule has 28 heavy (non-hydrogen) atoms. The first kappa shape index (κ1) is 21.4. The molecule has 2 aromatic rings. The van der Waals surface area contributed by atoms with Gasteiger partial charge in [-0.3, -0.25) is 4.79 Å². The number of hydrogen-bond acceptors (Lipinski definition) is 3. The van der Waals surface area contributed by atoms with E-state index in [9.17, 15) is 27.2 Å². The predicted molar refractivity (Wildman–Crippen MR) is 93.7 cm³/mol. The molecule has 0 N–H and O–H groups in total. The van der Waals surface area contributed by atoms with Gasteiger partial charge in [0, 0.05) is 12.6 Å². The Balaban J connectivity index is 2.11. The van der Waals surface area contributed by atoms with E-state index in [2.05, 4.69) is 0 Å². The van der Waals surface area contributed by atoms with E-state index in [1.165, 1.54) is 11.9 Å². The van der Waals surface area contributed by atoms with Gasteiger partial charge in [0.25, 0.3) is 5.91 Å². The molecule has 4 nitrogen and oxygen atoms in total. The lowest BCUT2D eigenvalue weighted by molar-refractivity contribution is 0.0289. The standard InChI is InChI=1S/C20H19F4NO3/c1-11(2)18(10-28-20(27)13-5-7-15(22)17(24)9-13)25(3)19(26)12-4-6-14(21)16(23)8-12/h4-9,11,18H,10H2,1-3H3/t18-/m0/s1. The Kier molecular flexibility index (Phi) is 6.77. The maximum absolute atomic E-state index is 13.4. The predicted octanol–water partition coefficient (Wildman–Crippen LogP) is 4.20. The number of rotatable bonds is 6. The molecular weight excluding hydrogens is 378 g/mol. The minimum absolute atomic E-state index is 0.0565. The third-order valence-electron chi connectivity index (χ3n) is 4.29. The zero-order valence-electron chi connectivity index (χ0n) is 15.5. The molecule has 8 heteroatoms. The zero-order valence-corrected chi connectivity index (χ0v) is 15.5. The summed E-state index contributed by atoms with van der Waals surface area (Å²) >= 11 is 0. The quantitative estimate of drug-likeness (QED) is 0.542. The summed E-state index contributed by atoms with van der Waals surface area (Å²) in [6.07, 6.45) is 0. The van der Waals surface area contributed by atoms with Crippen molar-refractivity contribution < 1.29 is 31.9 Å². The average Bonchev–Trinajstić information content (AvgIpc) is 2.65. The van der Waals surface area contributed by atoms with Crippen molar-refractivity contribution in [2.45, 2.75) is 19.9 Å². The van der Waals surface area contributed by atoms with Gasteiger partial charge in [-0.2, -0.15) is 0 Å². The van der Waals surface area contributed by atoms with Crippen molar-refractivity contribution in [3.8, 4) is 0 Å². The number of carbonyl (C=O) groups excluding carboxylic acids is 2. The van der Waals surface area contributed by atoms with Crippen molar-refractivity contribution in [3.05, 3.63) is 70.8 Å². The van der Waals surface area contributed by atoms with Gasteiger partial charge < -0.3 is 9.64 Å². The smallest absolute Gasteiger partial charge is 0.338 e. The first-order valence-electron chi connectivity index (χ1n) is 8.46. The summed E-state index contributed by atoms with van der Waals surface area (Å²) in [4.78, 5) is 25.9. The van der Waals surface area contributed by atoms with E-state index in [4.69, 9.17) is 4.74 Å². The summed E-state index contributed by atoms with van der Waals surface area (Å²) in [6.45, 7) is 3.34. The largest absolute Gasteiger partial charge is 0.460 e. The highest BCUT2D eigenvalue weighted by Crippen LogP contribution is 2.17. The summed E-state index contributed by atoms with van der Waals surface area (Å²) < 4.78 is 57.8. The molecule has 1 atom stereocenters. The van der Waals surface area contributed by atoms with Crippen LogP contribution in [0.3, 0.4) is 0 Å². The number of nitrogens with zero attached hydrogens (tertiary/aromatic N) is 1. The Morgan fingerprint density at radius 2 is 1.39 bits per heavy atom. The number of amides is 1. The van der Waals surface area contributed by atoms with Crippen LogP contribution in [-0.4, -0.2) is 36.5 Å². The SMILES string of the molecule is CC(C)[C@H](COC(=O)c1ccc(F)c(F)c1)N(C)C(=O)c1ccc(F)c(F)c1. The fraction of sp³-hybridized carbons (Fsp3) is 0.300. The highest BCUT2D eigenvalue weighted by molar-refractivity contribution is 5.94. The van der Waals surface area contributed by atoms with Gasteiger partial charge in [0.15, 0.2) is 23.3 Å². The first-order chi connectivity index (χ1) is 13.1. The molecule has 0 spiro atoms. The van der Waals surface area contributed by atoms with Crippen LogP contribution < -0.4 is 0 Å². The van der Waals surface area contributed by atoms with Gasteiger partial charge in [-0.25, -0.2) is 22.4 Å². The van der Waals surface area contributed by atoms with Crippen molar-refractivity contribution in [1.82, 2.24) is 4.90 Å². The highest BCUT2D eigenvalue weighted by atomic mass is 19.2. The van der Waals surface area contributed by atoms with Crippen LogP contribution in [0.25, 0.3) is 0 Å². The van der Waals surface area contributed by atoms with Crippen molar-refractivity contribution in [3.63, 3.8) is 0 Å². The lowest BCUT2D eigenvalue weighted by Crippen LogP contribution is -2.44. The maximum Gasteiger partial charge on any atom is 0.338 e. The topological polar surface area (TPSA) is 46.6 Å². The minimum Gasteiger partial charge on any atom is -0.460 e. The van der Waals surface area contributed by atoms with E-state index >= 15 is 0 Å². The highest BCUT2D eigenvalue weighted by Gasteiger charge is 2.26. The average molecular weight is 397 g/mol. The van der Waals surface area contributed by atoms with E-state index in [0.29, 0.717) is 0 Å². The van der Waals surface area contributed by atoms with Crippen molar-refractivity contribution in [1.29, 1.82) is 0 Å². The van der Waals surface area contributed by atoms with Gasteiger partial charge >= 0.3 is 5.97 Å². The molecule has 150 valence electrons. The molecule has 0 saturated carbocycles. The second-order valence-electron chi connectivity index (χ2n) is 6.58. The molecule has 2 rings (SSSR count). The molecule has 0 aliphatic rings. The minimum atomic E-state index is -1.18. The molecule has 0 saturated heterocycles. The second-order valence-corrected chi connectivity index (χ2v) is 6.58. The monoisotopic (exact) mass is 397 g/mol. The second kappa shape index (κ2) is 8.86. The van der Waals surface area contributed by atoms with Crippen LogP contribution in [0.1, 0.15) is 34.6 Å². The van der Waals surface area contributed by atoms with E-state index in [0.717, 1.165) is 36.4 Å². The van der Waals surface area contributed by atoms with Crippen LogP contribution in [0.5, 0.6) is 0 Å². The molecular formula is C20H19F4NO3. The summed E-state index contributed by atoms with van der Waals surface area (Å²) in [5.74, 6) is -6.10. The number of hydrogen-bond donors (Lipinski definition) is 0. The summed E-state index contributed by atoms with van der Waals surface area (Å²) in [5, 5.41) is 0. The van der Waals surface area contributed by atoms with E-state index in [-0.39, 0.29) is 23.7 Å². The van der Waals surface area contributed by atoms with Crippen molar-refractivity contribution in [2.75, 3.05) is 13.7 Å². The van der Waals surface area contributed by atoms with Crippen LogP contribution in [-0.2, 0) is 4.74 Å². The van der Waals surface area contributed by atoms with Gasteiger partial charge in [-0.15, -0.1) is 0 Å². The summed E-state index contributed by atoms with van der Waals surface area (Å²) in [5.41, 5.74) is -0.227. The van der Waals surface area contributed by atoms with Gasteiger partial charge in [0.2, 0.25) is 0 Å². The zero-order chi connectivity index (χ0) is 21.0. The lowest BCUT2D eigenvalue weighted by atomic mass is 10.0. The van der Waals surface area contributed by atoms with Crippen LogP contribution in [0.4, 0.5) is 17.6 Å². The van der Waals surface area contributed by atoms with Gasteiger partial charge in [0.1, 0.15) is 6.61 Å². The molecule has 0 aromatic heterocycles. The molecule has 0 heterocycles. The van der Waals surface area contributed by atoms with E-state index in [1.807, 2.05) is 0 Å². The number of esters is 1. The lowest BCUT2D eigenvalue weighted by Gasteiger charge is -2.31. The number of likely N-dealkylation sites (N-methyl/N-ethyl adjacent to an activating group) is 1. The number of halogens is 4. The molecule has 0 aliphatic carbocycles. The van der Waals surface area contributed by atoms with Gasteiger partial charge in [0.05, 0.1) is 11.6 Å². The van der Waals surface area contributed by atoms with Crippen molar-refractivity contribution >= 4 is 11.9 Å². The summed E-state index contributed by atoms with van der Waals surface area (Å²) in [6, 6.07) is 4.82. The van der Waals surface area contributed by atoms with E-state index in [1.54, 1.807) is 13.8 Å². The van der Waals surface area contributed by atoms with Crippen molar-refractivity contribution in [2.24, 2.45) is 5.92 Å². The van der Waals surface area contributed by atoms with Crippen LogP contribution in [0.15, 0.2) is 36.4 Å². The Labute approximate surface area is 159 Å². The molecule has 0 radical (unpaired) electrons. The first-order valence-corrected chi connectivity index (χ1v) is 8.46. The Bertz CT molecular complexity index is 886. The Morgan fingerprint density at radius 3 is 1.89 bits per heavy atom. The number of ether oxygens (including phenoxy) is 1. The molecule has 0 unspecified atom stereocenters. The number of carbonyl (C=O) groups is 2. The van der Waals surface area contributed by atoms with Gasteiger partial charge in [-0.1, -0.05) is 13.8 Å². The molecule has 1 amide bonds. The fourth-order valence-corrected chi connectivity index (χ4v) is 2.60. The summed E-state index contributed by atoms with van der Waals surface area (Å²) in [7, 11) is 1.44. The van der Waals surface area contributed by atoms with Crippen LogP contribution >= 0.6 is 0 Å². The molecule has 2 aromatic carbocycles. The van der Waals surface area contributed by atoms with E-state index < -0.39 is 41.2 Å². The molecule has 0 aliphatic heterocycles. The normalized spacial score (nSPS) is 12.0. The molecule has 0 fully saturated rings. The Morgan fingerprint density at radius 1 is 0.893 bits per heavy atom. The Hall–Kier alpha value is -2.90. The molecule has 0 bridgehead atoms. The number of benzene rings is 2. The fourth-order valence-electron chi connectivity index (χ4n) is 2.60.